The molecule has 1 aliphatic carbocycles. The van der Waals surface area contributed by atoms with Crippen molar-refractivity contribution in [1.29, 1.82) is 0 Å². The van der Waals surface area contributed by atoms with E-state index in [0.717, 1.165) is 25.7 Å². The third kappa shape index (κ3) is 3.55. The van der Waals surface area contributed by atoms with Crippen molar-refractivity contribution in [3.8, 4) is 5.75 Å². The van der Waals surface area contributed by atoms with Crippen molar-refractivity contribution in [2.45, 2.75) is 52.6 Å². The van der Waals surface area contributed by atoms with E-state index in [1.54, 1.807) is 11.6 Å². The number of ether oxygens (including phenoxy) is 1. The molecule has 1 aliphatic rings. The summed E-state index contributed by atoms with van der Waals surface area (Å²) in [5.41, 5.74) is 7.75. The van der Waals surface area contributed by atoms with Crippen molar-refractivity contribution in [1.82, 2.24) is 10.2 Å². The molecule has 3 rings (SSSR count). The van der Waals surface area contributed by atoms with Crippen molar-refractivity contribution in [2.24, 2.45) is 11.8 Å². The number of halogens is 1. The van der Waals surface area contributed by atoms with Gasteiger partial charge in [-0.3, -0.25) is 5.10 Å². The largest absolute Gasteiger partial charge is 0.490 e. The number of aromatic nitrogens is 2. The quantitative estimate of drug-likeness (QED) is 0.789. The number of hydrogen-bond acceptors (Lipinski definition) is 3. The molecule has 0 spiro atoms. The van der Waals surface area contributed by atoms with Crippen LogP contribution >= 0.6 is 0 Å². The highest BCUT2D eigenvalue weighted by Crippen LogP contribution is 2.34. The number of aromatic amines is 1. The van der Waals surface area contributed by atoms with E-state index in [4.69, 9.17) is 10.5 Å². The summed E-state index contributed by atoms with van der Waals surface area (Å²) in [6.45, 7) is 6.51. The Morgan fingerprint density at radius 1 is 1.29 bits per heavy atom. The van der Waals surface area contributed by atoms with E-state index < -0.39 is 5.82 Å². The molecule has 1 atom stereocenters. The van der Waals surface area contributed by atoms with E-state index >= 15 is 0 Å². The predicted octanol–water partition coefficient (Wildman–Crippen LogP) is 4.82. The summed E-state index contributed by atoms with van der Waals surface area (Å²) in [6.07, 6.45) is 6.96. The van der Waals surface area contributed by atoms with Crippen molar-refractivity contribution >= 4 is 16.7 Å². The highest BCUT2D eigenvalue weighted by Gasteiger charge is 2.24. The number of H-pyrrole nitrogens is 1. The Hall–Kier alpha value is -2.04. The molecule has 1 heterocycles. The van der Waals surface area contributed by atoms with Crippen molar-refractivity contribution in [3.63, 3.8) is 0 Å². The second-order valence-electron chi connectivity index (χ2n) is 7.17. The van der Waals surface area contributed by atoms with E-state index in [9.17, 15) is 4.39 Å². The van der Waals surface area contributed by atoms with E-state index in [-0.39, 0.29) is 11.9 Å². The second kappa shape index (κ2) is 6.83. The first kappa shape index (κ1) is 16.8. The molecule has 3 N–H and O–H groups in total. The SMILES string of the molecule is CC(C)C=C1CCC([C@@H](C)Oc2cc(F)c3c(N)[nH]nc3c2)CC1. The molecule has 4 nitrogen and oxygen atoms in total. The summed E-state index contributed by atoms with van der Waals surface area (Å²) in [5.74, 6) is 1.48. The van der Waals surface area contributed by atoms with Gasteiger partial charge in [0.15, 0.2) is 0 Å². The Morgan fingerprint density at radius 3 is 2.67 bits per heavy atom. The van der Waals surface area contributed by atoms with E-state index in [2.05, 4.69) is 37.0 Å². The molecule has 0 amide bonds. The van der Waals surface area contributed by atoms with Gasteiger partial charge in [-0.2, -0.15) is 5.10 Å². The molecule has 5 heteroatoms. The zero-order valence-corrected chi connectivity index (χ0v) is 14.6. The molecular formula is C19H26FN3O. The molecule has 0 radical (unpaired) electrons. The lowest BCUT2D eigenvalue weighted by Gasteiger charge is -2.29. The predicted molar refractivity (Wildman–Crippen MR) is 95.4 cm³/mol. The number of nitrogen functional groups attached to an aromatic ring is 1. The molecule has 0 bridgehead atoms. The first-order valence-electron chi connectivity index (χ1n) is 8.73. The summed E-state index contributed by atoms with van der Waals surface area (Å²) < 4.78 is 20.2. The van der Waals surface area contributed by atoms with Crippen LogP contribution in [0.4, 0.5) is 10.2 Å². The fraction of sp³-hybridized carbons (Fsp3) is 0.526. The number of benzene rings is 1. The average molecular weight is 331 g/mol. The number of rotatable bonds is 4. The Kier molecular flexibility index (Phi) is 4.78. The first-order valence-corrected chi connectivity index (χ1v) is 8.73. The number of fused-ring (bicyclic) bond motifs is 1. The van der Waals surface area contributed by atoms with Crippen LogP contribution in [0.5, 0.6) is 5.75 Å². The van der Waals surface area contributed by atoms with Crippen molar-refractivity contribution < 1.29 is 9.13 Å². The van der Waals surface area contributed by atoms with Gasteiger partial charge in [0.25, 0.3) is 0 Å². The number of nitrogens with one attached hydrogen (secondary N) is 1. The minimum atomic E-state index is -0.397. The van der Waals surface area contributed by atoms with Gasteiger partial charge >= 0.3 is 0 Å². The van der Waals surface area contributed by atoms with Crippen LogP contribution in [0.25, 0.3) is 10.9 Å². The summed E-state index contributed by atoms with van der Waals surface area (Å²) in [5, 5.41) is 6.96. The Balaban J connectivity index is 1.66. The smallest absolute Gasteiger partial charge is 0.140 e. The van der Waals surface area contributed by atoms with Crippen LogP contribution in [0.1, 0.15) is 46.5 Å². The number of anilines is 1. The molecule has 0 saturated heterocycles. The van der Waals surface area contributed by atoms with E-state index in [0.29, 0.717) is 28.5 Å². The molecule has 24 heavy (non-hydrogen) atoms. The van der Waals surface area contributed by atoms with Crippen LogP contribution < -0.4 is 10.5 Å². The van der Waals surface area contributed by atoms with Gasteiger partial charge in [-0.05, 0) is 44.4 Å². The van der Waals surface area contributed by atoms with Crippen LogP contribution in [0, 0.1) is 17.7 Å². The Morgan fingerprint density at radius 2 is 2.00 bits per heavy atom. The van der Waals surface area contributed by atoms with Gasteiger partial charge in [0.1, 0.15) is 22.9 Å². The molecule has 130 valence electrons. The summed E-state index contributed by atoms with van der Waals surface area (Å²) in [4.78, 5) is 0. The molecule has 0 unspecified atom stereocenters. The number of hydrogen-bond donors (Lipinski definition) is 2. The average Bonchev–Trinajstić information content (AvgIpc) is 2.89. The topological polar surface area (TPSA) is 63.9 Å². The fourth-order valence-electron chi connectivity index (χ4n) is 3.60. The monoisotopic (exact) mass is 331 g/mol. The second-order valence-corrected chi connectivity index (χ2v) is 7.17. The van der Waals surface area contributed by atoms with Crippen molar-refractivity contribution in [3.05, 3.63) is 29.6 Å². The van der Waals surface area contributed by atoms with Gasteiger partial charge in [0.05, 0.1) is 11.5 Å². The molecule has 1 aromatic heterocycles. The van der Waals surface area contributed by atoms with Crippen LogP contribution in [0.3, 0.4) is 0 Å². The molecule has 1 saturated carbocycles. The Bertz CT molecular complexity index is 740. The Labute approximate surface area is 142 Å². The molecule has 0 aliphatic heterocycles. The maximum absolute atomic E-state index is 14.2. The lowest BCUT2D eigenvalue weighted by molar-refractivity contribution is 0.131. The van der Waals surface area contributed by atoms with Gasteiger partial charge in [-0.15, -0.1) is 0 Å². The van der Waals surface area contributed by atoms with Crippen molar-refractivity contribution in [2.75, 3.05) is 5.73 Å². The van der Waals surface area contributed by atoms with E-state index in [1.165, 1.54) is 6.07 Å². The summed E-state index contributed by atoms with van der Waals surface area (Å²) in [7, 11) is 0. The summed E-state index contributed by atoms with van der Waals surface area (Å²) in [6, 6.07) is 3.15. The summed E-state index contributed by atoms with van der Waals surface area (Å²) >= 11 is 0. The van der Waals surface area contributed by atoms with Gasteiger partial charge in [0, 0.05) is 12.1 Å². The first-order chi connectivity index (χ1) is 11.4. The maximum atomic E-state index is 14.2. The van der Waals surface area contributed by atoms with E-state index in [1.807, 2.05) is 0 Å². The highest BCUT2D eigenvalue weighted by atomic mass is 19.1. The normalized spacial score (nSPS) is 19.7. The van der Waals surface area contributed by atoms with Gasteiger partial charge < -0.3 is 10.5 Å². The third-order valence-corrected chi connectivity index (χ3v) is 4.84. The minimum Gasteiger partial charge on any atom is -0.490 e. The standard InChI is InChI=1S/C19H26FN3O/c1-11(2)8-13-4-6-14(7-5-13)12(3)24-15-9-16(20)18-17(10-15)22-23-19(18)21/h8-12,14H,4-7H2,1-3H3,(H3,21,22,23)/t12-,14?/m1/s1. The zero-order valence-electron chi connectivity index (χ0n) is 14.6. The van der Waals surface area contributed by atoms with Crippen LogP contribution in [-0.2, 0) is 0 Å². The minimum absolute atomic E-state index is 0.0544. The number of nitrogens with two attached hydrogens (primary N) is 1. The molecule has 2 aromatic rings. The number of nitrogens with zero attached hydrogens (tertiary/aromatic N) is 1. The third-order valence-electron chi connectivity index (χ3n) is 4.84. The maximum Gasteiger partial charge on any atom is 0.140 e. The fourth-order valence-corrected chi connectivity index (χ4v) is 3.60. The van der Waals surface area contributed by atoms with Crippen LogP contribution in [-0.4, -0.2) is 16.3 Å². The van der Waals surface area contributed by atoms with Gasteiger partial charge in [-0.1, -0.05) is 25.5 Å². The lowest BCUT2D eigenvalue weighted by Crippen LogP contribution is -2.26. The number of allylic oxidation sites excluding steroid dienone is 2. The van der Waals surface area contributed by atoms with Crippen LogP contribution in [0.15, 0.2) is 23.8 Å². The molecule has 1 aromatic carbocycles. The zero-order chi connectivity index (χ0) is 17.3. The molecule has 1 fully saturated rings. The van der Waals surface area contributed by atoms with Gasteiger partial charge in [0.2, 0.25) is 0 Å². The highest BCUT2D eigenvalue weighted by molar-refractivity contribution is 5.90. The van der Waals surface area contributed by atoms with Gasteiger partial charge in [-0.25, -0.2) is 4.39 Å². The molecular weight excluding hydrogens is 305 g/mol. The van der Waals surface area contributed by atoms with Crippen LogP contribution in [0.2, 0.25) is 0 Å². The lowest BCUT2D eigenvalue weighted by atomic mass is 9.82.